The van der Waals surface area contributed by atoms with E-state index >= 15 is 0 Å². The summed E-state index contributed by atoms with van der Waals surface area (Å²) in [5, 5.41) is 3.22. The summed E-state index contributed by atoms with van der Waals surface area (Å²) < 4.78 is 5.94. The van der Waals surface area contributed by atoms with Gasteiger partial charge in [0.05, 0.1) is 10.7 Å². The normalized spacial score (nSPS) is 19.3. The van der Waals surface area contributed by atoms with Crippen LogP contribution in [-0.4, -0.2) is 29.0 Å². The van der Waals surface area contributed by atoms with E-state index in [-0.39, 0.29) is 34.9 Å². The molecule has 0 fully saturated rings. The molecule has 232 valence electrons. The maximum Gasteiger partial charge on any atom is 0.262 e. The zero-order valence-electron chi connectivity index (χ0n) is 26.3. The monoisotopic (exact) mass is 622 g/mol. The number of hydrogen-bond acceptors (Lipinski definition) is 5. The molecule has 1 heterocycles. The molecule has 0 saturated carbocycles. The fraction of sp³-hybridized carbons (Fsp3) is 0.342. The van der Waals surface area contributed by atoms with Crippen molar-refractivity contribution in [3.63, 3.8) is 0 Å². The molecule has 1 aliphatic heterocycles. The number of nitrogens with one attached hydrogen (secondary N) is 1. The zero-order chi connectivity index (χ0) is 31.9. The van der Waals surface area contributed by atoms with Gasteiger partial charge < -0.3 is 15.0 Å². The number of ether oxygens (including phenoxy) is 1. The van der Waals surface area contributed by atoms with Crippen LogP contribution in [0.1, 0.15) is 70.4 Å². The molecule has 0 radical (unpaired) electrons. The van der Waals surface area contributed by atoms with Crippen molar-refractivity contribution in [3.05, 3.63) is 118 Å². The number of nitrogens with zero attached hydrogens (tertiary/aromatic N) is 1. The third kappa shape index (κ3) is 6.48. The molecule has 6 nitrogen and oxygen atoms in total. The average molecular weight is 623 g/mol. The zero-order valence-corrected chi connectivity index (χ0v) is 27.0. The van der Waals surface area contributed by atoms with Crippen LogP contribution in [0.25, 0.3) is 0 Å². The van der Waals surface area contributed by atoms with Gasteiger partial charge in [-0.1, -0.05) is 93.9 Å². The smallest absolute Gasteiger partial charge is 0.262 e. The van der Waals surface area contributed by atoms with Crippen molar-refractivity contribution in [2.45, 2.75) is 65.8 Å². The number of Topliss-reactive ketones (excluding diaryl/α,β-unsaturated/α-hetero) is 2. The van der Waals surface area contributed by atoms with Crippen molar-refractivity contribution in [3.8, 4) is 5.75 Å². The number of halogens is 1. The van der Waals surface area contributed by atoms with Crippen molar-refractivity contribution < 1.29 is 19.1 Å². The minimum Gasteiger partial charge on any atom is -0.484 e. The molecule has 1 amide bonds. The predicted octanol–water partition coefficient (Wildman–Crippen LogP) is 8.24. The lowest BCUT2D eigenvalue weighted by Gasteiger charge is -2.49. The number of anilines is 1. The number of allylic oxidation sites excluding steroid dienone is 4. The van der Waals surface area contributed by atoms with Crippen LogP contribution in [0.2, 0.25) is 5.02 Å². The number of hydrogen-bond donors (Lipinski definition) is 1. The highest BCUT2D eigenvalue weighted by molar-refractivity contribution is 6.33. The summed E-state index contributed by atoms with van der Waals surface area (Å²) in [6, 6.07) is 24.8. The molecule has 0 bridgehead atoms. The topological polar surface area (TPSA) is 75.7 Å². The second kappa shape index (κ2) is 12.0. The number of amides is 1. The van der Waals surface area contributed by atoms with Crippen LogP contribution in [0.4, 0.5) is 5.69 Å². The fourth-order valence-electron chi connectivity index (χ4n) is 7.02. The molecule has 1 N–H and O–H groups in total. The van der Waals surface area contributed by atoms with Crippen LogP contribution in [-0.2, 0) is 20.9 Å². The summed E-state index contributed by atoms with van der Waals surface area (Å²) in [5.41, 5.74) is 5.51. The fourth-order valence-corrected chi connectivity index (χ4v) is 7.20. The Kier molecular flexibility index (Phi) is 8.21. The Bertz CT molecular complexity index is 1680. The number of benzene rings is 3. The molecular formula is C38H39ClN2O4. The van der Waals surface area contributed by atoms with Gasteiger partial charge in [-0.3, -0.25) is 14.4 Å². The van der Waals surface area contributed by atoms with Gasteiger partial charge >= 0.3 is 0 Å². The minimum absolute atomic E-state index is 0.0823. The highest BCUT2D eigenvalue weighted by Crippen LogP contribution is 2.55. The van der Waals surface area contributed by atoms with E-state index in [1.807, 2.05) is 36.4 Å². The van der Waals surface area contributed by atoms with E-state index in [9.17, 15) is 14.4 Å². The molecular weight excluding hydrogens is 584 g/mol. The van der Waals surface area contributed by atoms with Gasteiger partial charge in [0.15, 0.2) is 18.2 Å². The molecule has 45 heavy (non-hydrogen) atoms. The van der Waals surface area contributed by atoms with E-state index < -0.39 is 5.92 Å². The van der Waals surface area contributed by atoms with Crippen LogP contribution in [0, 0.1) is 10.8 Å². The summed E-state index contributed by atoms with van der Waals surface area (Å²) >= 11 is 6.20. The Labute approximate surface area is 270 Å². The van der Waals surface area contributed by atoms with E-state index in [2.05, 4.69) is 50.0 Å². The summed E-state index contributed by atoms with van der Waals surface area (Å²) in [4.78, 5) is 43.2. The third-order valence-corrected chi connectivity index (χ3v) is 9.24. The van der Waals surface area contributed by atoms with Gasteiger partial charge in [-0.25, -0.2) is 0 Å². The summed E-state index contributed by atoms with van der Waals surface area (Å²) in [6.07, 6.45) is 2.31. The molecule has 3 aromatic carbocycles. The minimum atomic E-state index is -0.491. The van der Waals surface area contributed by atoms with Gasteiger partial charge in [-0.15, -0.1) is 0 Å². The van der Waals surface area contributed by atoms with Crippen molar-refractivity contribution in [2.24, 2.45) is 10.8 Å². The molecule has 3 aliphatic rings. The van der Waals surface area contributed by atoms with Crippen LogP contribution in [0.5, 0.6) is 5.75 Å². The van der Waals surface area contributed by atoms with Crippen molar-refractivity contribution in [1.82, 2.24) is 4.90 Å². The first-order chi connectivity index (χ1) is 21.4. The average Bonchev–Trinajstić information content (AvgIpc) is 2.97. The van der Waals surface area contributed by atoms with Gasteiger partial charge in [-0.05, 0) is 59.1 Å². The number of rotatable bonds is 7. The number of para-hydroxylation sites is 1. The number of carbonyl (C=O) groups excluding carboxylic acids is 3. The SMILES string of the molecule is CC1(C)CC(=O)C2=C(C1)N(Cc1ccccc1)C1=C(C(=O)CC(C)(C)C1)C2c1cccc(OCC(=O)Nc2ccccc2Cl)c1. The van der Waals surface area contributed by atoms with Gasteiger partial charge in [0, 0.05) is 47.8 Å². The van der Waals surface area contributed by atoms with E-state index in [4.69, 9.17) is 16.3 Å². The van der Waals surface area contributed by atoms with Crippen LogP contribution in [0.15, 0.2) is 101 Å². The molecule has 0 aromatic heterocycles. The molecule has 2 aliphatic carbocycles. The van der Waals surface area contributed by atoms with Gasteiger partial charge in [0.25, 0.3) is 5.91 Å². The van der Waals surface area contributed by atoms with E-state index in [0.29, 0.717) is 47.0 Å². The maximum absolute atomic E-state index is 14.1. The van der Waals surface area contributed by atoms with Crippen LogP contribution < -0.4 is 10.1 Å². The Hall–Kier alpha value is -4.16. The highest BCUT2D eigenvalue weighted by Gasteiger charge is 2.49. The second-order valence-electron chi connectivity index (χ2n) is 14.0. The van der Waals surface area contributed by atoms with E-state index in [0.717, 1.165) is 35.4 Å². The van der Waals surface area contributed by atoms with Crippen LogP contribution in [0.3, 0.4) is 0 Å². The lowest BCUT2D eigenvalue weighted by atomic mass is 9.63. The lowest BCUT2D eigenvalue weighted by molar-refractivity contribution is -0.120. The first kappa shape index (κ1) is 30.8. The molecule has 7 heteroatoms. The Morgan fingerprint density at radius 3 is 2.04 bits per heavy atom. The Morgan fingerprint density at radius 2 is 1.42 bits per heavy atom. The highest BCUT2D eigenvalue weighted by atomic mass is 35.5. The summed E-state index contributed by atoms with van der Waals surface area (Å²) in [7, 11) is 0. The standard InChI is InChI=1S/C38H39ClN2O4/c1-37(2)18-29-35(31(42)20-37)34(25-13-10-14-26(17-25)45-23-33(44)40-28-16-9-8-15-27(28)39)36-30(19-38(3,4)21-32(36)43)41(29)22-24-11-6-5-7-12-24/h5-17,34H,18-23H2,1-4H3,(H,40,44). The van der Waals surface area contributed by atoms with Crippen molar-refractivity contribution in [2.75, 3.05) is 11.9 Å². The molecule has 6 rings (SSSR count). The van der Waals surface area contributed by atoms with Crippen LogP contribution >= 0.6 is 11.6 Å². The first-order valence-electron chi connectivity index (χ1n) is 15.5. The predicted molar refractivity (Wildman–Crippen MR) is 177 cm³/mol. The first-order valence-corrected chi connectivity index (χ1v) is 15.9. The number of carbonyl (C=O) groups is 3. The third-order valence-electron chi connectivity index (χ3n) is 8.91. The van der Waals surface area contributed by atoms with Gasteiger partial charge in [0.2, 0.25) is 0 Å². The number of ketones is 2. The van der Waals surface area contributed by atoms with E-state index in [1.165, 1.54) is 0 Å². The van der Waals surface area contributed by atoms with Gasteiger partial charge in [-0.2, -0.15) is 0 Å². The summed E-state index contributed by atoms with van der Waals surface area (Å²) in [5.74, 6) is -0.176. The Morgan fingerprint density at radius 1 is 0.822 bits per heavy atom. The quantitative estimate of drug-likeness (QED) is 0.287. The lowest BCUT2D eigenvalue weighted by Crippen LogP contribution is -2.44. The second-order valence-corrected chi connectivity index (χ2v) is 14.4. The molecule has 3 aromatic rings. The molecule has 0 saturated heterocycles. The van der Waals surface area contributed by atoms with Crippen molar-refractivity contribution in [1.29, 1.82) is 0 Å². The largest absolute Gasteiger partial charge is 0.484 e. The summed E-state index contributed by atoms with van der Waals surface area (Å²) in [6.45, 7) is 8.96. The molecule has 0 atom stereocenters. The van der Waals surface area contributed by atoms with Crippen molar-refractivity contribution >= 4 is 34.8 Å². The van der Waals surface area contributed by atoms with E-state index in [1.54, 1.807) is 30.3 Å². The molecule has 0 unspecified atom stereocenters. The maximum atomic E-state index is 14.1. The molecule has 0 spiro atoms. The Balaban J connectivity index is 1.39. The van der Waals surface area contributed by atoms with Gasteiger partial charge in [0.1, 0.15) is 5.75 Å².